The topological polar surface area (TPSA) is 24.5 Å². The number of likely N-dealkylation sites (N-methyl/N-ethyl adjacent to an activating group) is 1. The molecule has 0 aliphatic heterocycles. The van der Waals surface area contributed by atoms with Gasteiger partial charge in [0.2, 0.25) is 0 Å². The van der Waals surface area contributed by atoms with E-state index in [-0.39, 0.29) is 17.4 Å². The first-order valence-corrected chi connectivity index (χ1v) is 7.00. The number of nitrogens with zero attached hydrogens (tertiary/aromatic N) is 1. The largest absolute Gasteiger partial charge is 0.383 e. The minimum absolute atomic E-state index is 0.0267. The molecule has 1 aromatic carbocycles. The minimum atomic E-state index is -0.191. The van der Waals surface area contributed by atoms with Gasteiger partial charge >= 0.3 is 0 Å². The number of nitrogens with one attached hydrogen (secondary N) is 1. The van der Waals surface area contributed by atoms with Gasteiger partial charge in [0, 0.05) is 32.3 Å². The van der Waals surface area contributed by atoms with Crippen LogP contribution in [0.2, 0.25) is 0 Å². The van der Waals surface area contributed by atoms with Crippen LogP contribution in [-0.2, 0) is 11.3 Å². The minimum Gasteiger partial charge on any atom is -0.383 e. The maximum Gasteiger partial charge on any atom is 0.146 e. The maximum atomic E-state index is 14.2. The summed E-state index contributed by atoms with van der Waals surface area (Å²) in [6, 6.07) is 5.53. The summed E-state index contributed by atoms with van der Waals surface area (Å²) in [5.74, 6) is -0.191. The van der Waals surface area contributed by atoms with E-state index in [1.165, 1.54) is 0 Å². The van der Waals surface area contributed by atoms with Crippen LogP contribution >= 0.6 is 0 Å². The van der Waals surface area contributed by atoms with Gasteiger partial charge in [-0.05, 0) is 45.4 Å². The van der Waals surface area contributed by atoms with Gasteiger partial charge in [-0.2, -0.15) is 0 Å². The molecular formula is C16H27FN2O. The van der Waals surface area contributed by atoms with Crippen molar-refractivity contribution in [2.24, 2.45) is 0 Å². The fraction of sp³-hybridized carbons (Fsp3) is 0.625. The highest BCUT2D eigenvalue weighted by Gasteiger charge is 2.15. The van der Waals surface area contributed by atoms with Crippen molar-refractivity contribution in [3.8, 4) is 0 Å². The van der Waals surface area contributed by atoms with Crippen molar-refractivity contribution >= 4 is 5.69 Å². The zero-order valence-electron chi connectivity index (χ0n) is 13.5. The molecule has 4 heteroatoms. The Balaban J connectivity index is 2.77. The number of rotatable bonds is 6. The van der Waals surface area contributed by atoms with E-state index in [2.05, 4.69) is 26.1 Å². The monoisotopic (exact) mass is 282 g/mol. The molecule has 20 heavy (non-hydrogen) atoms. The second-order valence-corrected chi connectivity index (χ2v) is 6.30. The fourth-order valence-electron chi connectivity index (χ4n) is 1.90. The summed E-state index contributed by atoms with van der Waals surface area (Å²) in [7, 11) is 3.54. The van der Waals surface area contributed by atoms with Crippen LogP contribution in [0.1, 0.15) is 33.3 Å². The van der Waals surface area contributed by atoms with Crippen molar-refractivity contribution < 1.29 is 9.13 Å². The first kappa shape index (κ1) is 16.9. The molecule has 0 bridgehead atoms. The van der Waals surface area contributed by atoms with Crippen LogP contribution in [0.3, 0.4) is 0 Å². The number of methoxy groups -OCH3 is 1. The lowest BCUT2D eigenvalue weighted by Gasteiger charge is -2.27. The molecule has 0 aliphatic carbocycles. The van der Waals surface area contributed by atoms with Crippen molar-refractivity contribution in [3.05, 3.63) is 29.6 Å². The Bertz CT molecular complexity index is 429. The zero-order chi connectivity index (χ0) is 15.3. The maximum absolute atomic E-state index is 14.2. The number of hydrogen-bond acceptors (Lipinski definition) is 3. The molecule has 1 unspecified atom stereocenters. The molecule has 1 atom stereocenters. The highest BCUT2D eigenvalue weighted by Crippen LogP contribution is 2.21. The van der Waals surface area contributed by atoms with Crippen molar-refractivity contribution in [1.29, 1.82) is 0 Å². The van der Waals surface area contributed by atoms with Crippen molar-refractivity contribution in [1.82, 2.24) is 5.32 Å². The third-order valence-electron chi connectivity index (χ3n) is 3.28. The fourth-order valence-corrected chi connectivity index (χ4v) is 1.90. The summed E-state index contributed by atoms with van der Waals surface area (Å²) in [5, 5.41) is 3.36. The van der Waals surface area contributed by atoms with Gasteiger partial charge in [-0.15, -0.1) is 0 Å². The summed E-state index contributed by atoms with van der Waals surface area (Å²) in [5.41, 5.74) is 1.59. The molecule has 0 amide bonds. The van der Waals surface area contributed by atoms with Gasteiger partial charge in [0.15, 0.2) is 0 Å². The molecule has 0 saturated heterocycles. The Morgan fingerprint density at radius 1 is 1.35 bits per heavy atom. The van der Waals surface area contributed by atoms with E-state index in [0.29, 0.717) is 18.8 Å². The molecule has 1 rings (SSSR count). The quantitative estimate of drug-likeness (QED) is 0.867. The number of benzene rings is 1. The van der Waals surface area contributed by atoms with Crippen molar-refractivity contribution in [3.63, 3.8) is 0 Å². The van der Waals surface area contributed by atoms with E-state index >= 15 is 0 Å². The van der Waals surface area contributed by atoms with Gasteiger partial charge in [-0.25, -0.2) is 4.39 Å². The lowest BCUT2D eigenvalue weighted by atomic mass is 10.1. The Morgan fingerprint density at radius 3 is 2.50 bits per heavy atom. The van der Waals surface area contributed by atoms with Crippen LogP contribution in [0.5, 0.6) is 0 Å². The van der Waals surface area contributed by atoms with Gasteiger partial charge in [-0.3, -0.25) is 0 Å². The second kappa shape index (κ2) is 7.04. The normalized spacial score (nSPS) is 13.3. The number of hydrogen-bond donors (Lipinski definition) is 1. The molecule has 1 N–H and O–H groups in total. The first-order chi connectivity index (χ1) is 9.24. The van der Waals surface area contributed by atoms with E-state index in [0.717, 1.165) is 5.56 Å². The predicted molar refractivity (Wildman–Crippen MR) is 82.7 cm³/mol. The second-order valence-electron chi connectivity index (χ2n) is 6.30. The molecule has 0 aromatic heterocycles. The van der Waals surface area contributed by atoms with Gasteiger partial charge in [0.1, 0.15) is 5.82 Å². The van der Waals surface area contributed by atoms with Gasteiger partial charge < -0.3 is 15.0 Å². The summed E-state index contributed by atoms with van der Waals surface area (Å²) in [6.45, 7) is 9.53. The molecule has 3 nitrogen and oxygen atoms in total. The molecule has 114 valence electrons. The van der Waals surface area contributed by atoms with Crippen molar-refractivity contribution in [2.75, 3.05) is 25.7 Å². The Hall–Kier alpha value is -1.13. The number of anilines is 1. The lowest BCUT2D eigenvalue weighted by Crippen LogP contribution is -2.35. The lowest BCUT2D eigenvalue weighted by molar-refractivity contribution is 0.183. The van der Waals surface area contributed by atoms with Crippen LogP contribution in [0.15, 0.2) is 18.2 Å². The van der Waals surface area contributed by atoms with E-state index in [9.17, 15) is 4.39 Å². The van der Waals surface area contributed by atoms with Crippen LogP contribution in [0.4, 0.5) is 10.1 Å². The Labute approximate surface area is 122 Å². The molecular weight excluding hydrogens is 255 g/mol. The number of ether oxygens (including phenoxy) is 1. The summed E-state index contributed by atoms with van der Waals surface area (Å²) >= 11 is 0. The number of halogens is 1. The summed E-state index contributed by atoms with van der Waals surface area (Å²) in [4.78, 5) is 1.90. The highest BCUT2D eigenvalue weighted by atomic mass is 19.1. The standard InChI is InChI=1S/C16H27FN2O/c1-12(11-20-6)19(5)15-8-7-13(9-14(15)17)10-18-16(2,3)4/h7-9,12,18H,10-11H2,1-6H3. The highest BCUT2D eigenvalue weighted by molar-refractivity contribution is 5.49. The van der Waals surface area contributed by atoms with Crippen LogP contribution in [0, 0.1) is 5.82 Å². The molecule has 0 aliphatic rings. The molecule has 0 fully saturated rings. The van der Waals surface area contributed by atoms with E-state index < -0.39 is 0 Å². The predicted octanol–water partition coefficient (Wildman–Crippen LogP) is 3.18. The summed E-state index contributed by atoms with van der Waals surface area (Å²) in [6.07, 6.45) is 0. The van der Waals surface area contributed by atoms with Crippen LogP contribution < -0.4 is 10.2 Å². The smallest absolute Gasteiger partial charge is 0.146 e. The average molecular weight is 282 g/mol. The van der Waals surface area contributed by atoms with Gasteiger partial charge in [0.05, 0.1) is 12.3 Å². The molecule has 0 saturated carbocycles. The third kappa shape index (κ3) is 5.10. The molecule has 0 spiro atoms. The third-order valence-corrected chi connectivity index (χ3v) is 3.28. The Morgan fingerprint density at radius 2 is 2.00 bits per heavy atom. The average Bonchev–Trinajstić information content (AvgIpc) is 2.35. The Kier molecular flexibility index (Phi) is 5.96. The van der Waals surface area contributed by atoms with E-state index in [4.69, 9.17) is 4.74 Å². The van der Waals surface area contributed by atoms with Gasteiger partial charge in [0.25, 0.3) is 0 Å². The molecule has 1 aromatic rings. The molecule has 0 radical (unpaired) electrons. The van der Waals surface area contributed by atoms with Crippen LogP contribution in [-0.4, -0.2) is 32.3 Å². The van der Waals surface area contributed by atoms with E-state index in [1.807, 2.05) is 31.0 Å². The first-order valence-electron chi connectivity index (χ1n) is 7.00. The molecule has 0 heterocycles. The van der Waals surface area contributed by atoms with Crippen molar-refractivity contribution in [2.45, 2.75) is 45.8 Å². The van der Waals surface area contributed by atoms with Crippen LogP contribution in [0.25, 0.3) is 0 Å². The summed E-state index contributed by atoms with van der Waals surface area (Å²) < 4.78 is 19.3. The van der Waals surface area contributed by atoms with E-state index in [1.54, 1.807) is 13.2 Å². The van der Waals surface area contributed by atoms with Gasteiger partial charge in [-0.1, -0.05) is 6.07 Å². The zero-order valence-corrected chi connectivity index (χ0v) is 13.5. The SMILES string of the molecule is COCC(C)N(C)c1ccc(CNC(C)(C)C)cc1F.